The normalized spacial score (nSPS) is 10.0. The summed E-state index contributed by atoms with van der Waals surface area (Å²) in [7, 11) is 1.94. The van der Waals surface area contributed by atoms with Gasteiger partial charge in [-0.1, -0.05) is 12.1 Å². The fourth-order valence-electron chi connectivity index (χ4n) is 1.66. The number of hydrogen-bond donors (Lipinski definition) is 1. The number of pyridine rings is 1. The zero-order valence-electron chi connectivity index (χ0n) is 8.99. The van der Waals surface area contributed by atoms with Gasteiger partial charge in [-0.2, -0.15) is 0 Å². The standard InChI is InChI=1S/C13H14N2/c1-10-8-11(5-6-13(10)14-2)12-4-3-7-15-9-12/h3-9,14H,1-2H3. The predicted molar refractivity (Wildman–Crippen MR) is 64.0 cm³/mol. The molecule has 2 aromatic rings. The average Bonchev–Trinajstić information content (AvgIpc) is 2.30. The Morgan fingerprint density at radius 2 is 2.00 bits per heavy atom. The Balaban J connectivity index is 2.43. The van der Waals surface area contributed by atoms with Crippen LogP contribution in [0.5, 0.6) is 0 Å². The number of hydrogen-bond acceptors (Lipinski definition) is 2. The molecule has 0 spiro atoms. The summed E-state index contributed by atoms with van der Waals surface area (Å²) in [5.74, 6) is 0. The molecule has 2 rings (SSSR count). The zero-order chi connectivity index (χ0) is 10.7. The number of aromatic nitrogens is 1. The molecule has 1 heterocycles. The molecule has 0 bridgehead atoms. The zero-order valence-corrected chi connectivity index (χ0v) is 8.99. The third-order valence-corrected chi connectivity index (χ3v) is 2.49. The van der Waals surface area contributed by atoms with E-state index in [1.807, 2.05) is 19.3 Å². The van der Waals surface area contributed by atoms with E-state index < -0.39 is 0 Å². The SMILES string of the molecule is CNc1ccc(-c2cccnc2)cc1C. The molecule has 0 aliphatic heterocycles. The van der Waals surface area contributed by atoms with Crippen molar-refractivity contribution in [3.8, 4) is 11.1 Å². The third-order valence-electron chi connectivity index (χ3n) is 2.49. The van der Waals surface area contributed by atoms with E-state index in [1.165, 1.54) is 16.8 Å². The maximum Gasteiger partial charge on any atom is 0.0367 e. The van der Waals surface area contributed by atoms with Gasteiger partial charge in [-0.05, 0) is 41.8 Å². The van der Waals surface area contributed by atoms with Gasteiger partial charge in [-0.3, -0.25) is 4.98 Å². The fourth-order valence-corrected chi connectivity index (χ4v) is 1.66. The largest absolute Gasteiger partial charge is 0.388 e. The lowest BCUT2D eigenvalue weighted by Crippen LogP contribution is -1.91. The molecule has 0 amide bonds. The lowest BCUT2D eigenvalue weighted by Gasteiger charge is -2.07. The molecular weight excluding hydrogens is 184 g/mol. The Kier molecular flexibility index (Phi) is 2.68. The number of anilines is 1. The highest BCUT2D eigenvalue weighted by molar-refractivity contribution is 5.67. The summed E-state index contributed by atoms with van der Waals surface area (Å²) in [4.78, 5) is 4.12. The van der Waals surface area contributed by atoms with Crippen molar-refractivity contribution < 1.29 is 0 Å². The molecule has 0 saturated carbocycles. The summed E-state index contributed by atoms with van der Waals surface area (Å²) in [5, 5.41) is 3.16. The molecule has 0 unspecified atom stereocenters. The van der Waals surface area contributed by atoms with Gasteiger partial charge in [-0.15, -0.1) is 0 Å². The summed E-state index contributed by atoms with van der Waals surface area (Å²) < 4.78 is 0. The van der Waals surface area contributed by atoms with Crippen LogP contribution >= 0.6 is 0 Å². The monoisotopic (exact) mass is 198 g/mol. The van der Waals surface area contributed by atoms with Crippen LogP contribution in [-0.4, -0.2) is 12.0 Å². The molecule has 2 heteroatoms. The van der Waals surface area contributed by atoms with E-state index in [9.17, 15) is 0 Å². The molecule has 15 heavy (non-hydrogen) atoms. The minimum atomic E-state index is 1.16. The Hall–Kier alpha value is -1.83. The van der Waals surface area contributed by atoms with Crippen molar-refractivity contribution in [2.24, 2.45) is 0 Å². The van der Waals surface area contributed by atoms with E-state index in [2.05, 4.69) is 41.5 Å². The van der Waals surface area contributed by atoms with Gasteiger partial charge in [0.05, 0.1) is 0 Å². The van der Waals surface area contributed by atoms with Gasteiger partial charge >= 0.3 is 0 Å². The van der Waals surface area contributed by atoms with Crippen molar-refractivity contribution in [2.75, 3.05) is 12.4 Å². The number of nitrogens with one attached hydrogen (secondary N) is 1. The summed E-state index contributed by atoms with van der Waals surface area (Å²) in [6, 6.07) is 10.4. The molecule has 2 nitrogen and oxygen atoms in total. The number of nitrogens with zero attached hydrogens (tertiary/aromatic N) is 1. The minimum absolute atomic E-state index is 1.16. The van der Waals surface area contributed by atoms with Crippen LogP contribution in [0.15, 0.2) is 42.7 Å². The molecule has 76 valence electrons. The highest BCUT2D eigenvalue weighted by Crippen LogP contribution is 2.23. The van der Waals surface area contributed by atoms with Gasteiger partial charge in [0.15, 0.2) is 0 Å². The predicted octanol–water partition coefficient (Wildman–Crippen LogP) is 3.10. The molecular formula is C13H14N2. The Morgan fingerprint density at radius 1 is 1.13 bits per heavy atom. The lowest BCUT2D eigenvalue weighted by atomic mass is 10.0. The highest BCUT2D eigenvalue weighted by atomic mass is 14.8. The van der Waals surface area contributed by atoms with Gasteiger partial charge in [0.1, 0.15) is 0 Å². The minimum Gasteiger partial charge on any atom is -0.388 e. The molecule has 0 radical (unpaired) electrons. The van der Waals surface area contributed by atoms with Crippen molar-refractivity contribution in [1.29, 1.82) is 0 Å². The Morgan fingerprint density at radius 3 is 2.60 bits per heavy atom. The molecule has 0 atom stereocenters. The van der Waals surface area contributed by atoms with E-state index in [1.54, 1.807) is 6.20 Å². The van der Waals surface area contributed by atoms with Crippen LogP contribution < -0.4 is 5.32 Å². The van der Waals surface area contributed by atoms with Crippen LogP contribution in [-0.2, 0) is 0 Å². The number of benzene rings is 1. The van der Waals surface area contributed by atoms with Gasteiger partial charge in [-0.25, -0.2) is 0 Å². The smallest absolute Gasteiger partial charge is 0.0367 e. The molecule has 0 aliphatic carbocycles. The van der Waals surface area contributed by atoms with Crippen molar-refractivity contribution in [3.05, 3.63) is 48.3 Å². The molecule has 0 aliphatic rings. The van der Waals surface area contributed by atoms with E-state index in [4.69, 9.17) is 0 Å². The number of aryl methyl sites for hydroxylation is 1. The van der Waals surface area contributed by atoms with E-state index in [0.717, 1.165) is 5.56 Å². The summed E-state index contributed by atoms with van der Waals surface area (Å²) in [6.45, 7) is 2.10. The van der Waals surface area contributed by atoms with Crippen molar-refractivity contribution in [2.45, 2.75) is 6.92 Å². The molecule has 0 fully saturated rings. The molecule has 1 N–H and O–H groups in total. The third kappa shape index (κ3) is 1.99. The second-order valence-corrected chi connectivity index (χ2v) is 3.52. The fraction of sp³-hybridized carbons (Fsp3) is 0.154. The number of rotatable bonds is 2. The van der Waals surface area contributed by atoms with E-state index >= 15 is 0 Å². The molecule has 1 aromatic heterocycles. The second kappa shape index (κ2) is 4.13. The van der Waals surface area contributed by atoms with Crippen LogP contribution in [0, 0.1) is 6.92 Å². The van der Waals surface area contributed by atoms with Crippen LogP contribution in [0.3, 0.4) is 0 Å². The first-order valence-corrected chi connectivity index (χ1v) is 5.00. The topological polar surface area (TPSA) is 24.9 Å². The van der Waals surface area contributed by atoms with Crippen LogP contribution in [0.1, 0.15) is 5.56 Å². The Bertz CT molecular complexity index is 449. The summed E-state index contributed by atoms with van der Waals surface area (Å²) in [6.07, 6.45) is 3.67. The lowest BCUT2D eigenvalue weighted by molar-refractivity contribution is 1.32. The molecule has 0 saturated heterocycles. The quantitative estimate of drug-likeness (QED) is 0.802. The van der Waals surface area contributed by atoms with Gasteiger partial charge in [0.25, 0.3) is 0 Å². The van der Waals surface area contributed by atoms with Crippen LogP contribution in [0.25, 0.3) is 11.1 Å². The second-order valence-electron chi connectivity index (χ2n) is 3.52. The first kappa shape index (κ1) is 9.71. The van der Waals surface area contributed by atoms with E-state index in [0.29, 0.717) is 0 Å². The highest BCUT2D eigenvalue weighted by Gasteiger charge is 2.00. The Labute approximate surface area is 90.0 Å². The van der Waals surface area contributed by atoms with E-state index in [-0.39, 0.29) is 0 Å². The average molecular weight is 198 g/mol. The first-order chi connectivity index (χ1) is 7.31. The van der Waals surface area contributed by atoms with Crippen molar-refractivity contribution in [3.63, 3.8) is 0 Å². The van der Waals surface area contributed by atoms with Crippen LogP contribution in [0.2, 0.25) is 0 Å². The van der Waals surface area contributed by atoms with Gasteiger partial charge < -0.3 is 5.32 Å². The van der Waals surface area contributed by atoms with Crippen molar-refractivity contribution >= 4 is 5.69 Å². The van der Waals surface area contributed by atoms with Gasteiger partial charge in [0, 0.05) is 25.1 Å². The maximum absolute atomic E-state index is 4.12. The van der Waals surface area contributed by atoms with Crippen molar-refractivity contribution in [1.82, 2.24) is 4.98 Å². The maximum atomic E-state index is 4.12. The van der Waals surface area contributed by atoms with Crippen LogP contribution in [0.4, 0.5) is 5.69 Å². The molecule has 1 aromatic carbocycles. The summed E-state index contributed by atoms with van der Waals surface area (Å²) in [5.41, 5.74) is 4.78. The first-order valence-electron chi connectivity index (χ1n) is 5.00. The summed E-state index contributed by atoms with van der Waals surface area (Å²) >= 11 is 0. The van der Waals surface area contributed by atoms with Gasteiger partial charge in [0.2, 0.25) is 0 Å².